The highest BCUT2D eigenvalue weighted by atomic mass is 32.2. The molecule has 1 aromatic heterocycles. The maximum Gasteiger partial charge on any atom is 0.192 e. The molecule has 0 spiro atoms. The molecule has 0 aliphatic heterocycles. The highest BCUT2D eigenvalue weighted by Crippen LogP contribution is 2.27. The predicted octanol–water partition coefficient (Wildman–Crippen LogP) is 3.13. The summed E-state index contributed by atoms with van der Waals surface area (Å²) in [6.07, 6.45) is 4.54. The molecule has 0 radical (unpaired) electrons. The van der Waals surface area contributed by atoms with E-state index in [1.54, 1.807) is 11.8 Å². The molecule has 0 amide bonds. The largest absolute Gasteiger partial charge is 0.328 e. The fraction of sp³-hybridized carbons (Fsp3) is 0.333. The Bertz CT molecular complexity index is 550. The third kappa shape index (κ3) is 4.04. The minimum absolute atomic E-state index is 0.140. The van der Waals surface area contributed by atoms with E-state index in [1.807, 2.05) is 19.3 Å². The molecule has 0 aliphatic rings. The minimum Gasteiger partial charge on any atom is -0.328 e. The summed E-state index contributed by atoms with van der Waals surface area (Å²) in [5.74, 6) is 0. The van der Waals surface area contributed by atoms with Crippen molar-refractivity contribution in [3.05, 3.63) is 47.3 Å². The molecule has 0 saturated carbocycles. The van der Waals surface area contributed by atoms with Gasteiger partial charge in [-0.25, -0.2) is 9.97 Å². The van der Waals surface area contributed by atoms with Crippen LogP contribution in [0, 0.1) is 13.8 Å². The average Bonchev–Trinajstić information content (AvgIpc) is 2.34. The van der Waals surface area contributed by atoms with Crippen LogP contribution >= 0.6 is 11.8 Å². The molecule has 2 N–H and O–H groups in total. The van der Waals surface area contributed by atoms with Crippen molar-refractivity contribution in [1.82, 2.24) is 9.97 Å². The SMILES string of the molecule is Cc1ccc(Sc2ncc(CC(C)N)cn2)c(C)c1. The van der Waals surface area contributed by atoms with Crippen LogP contribution in [0.3, 0.4) is 0 Å². The summed E-state index contributed by atoms with van der Waals surface area (Å²) in [5.41, 5.74) is 9.37. The second-order valence-electron chi connectivity index (χ2n) is 4.93. The number of hydrogen-bond acceptors (Lipinski definition) is 4. The van der Waals surface area contributed by atoms with Gasteiger partial charge < -0.3 is 5.73 Å². The van der Waals surface area contributed by atoms with E-state index in [4.69, 9.17) is 5.73 Å². The maximum atomic E-state index is 5.76. The van der Waals surface area contributed by atoms with Crippen LogP contribution in [0.5, 0.6) is 0 Å². The molecule has 100 valence electrons. The number of benzene rings is 1. The fourth-order valence-electron chi connectivity index (χ4n) is 1.89. The van der Waals surface area contributed by atoms with E-state index in [1.165, 1.54) is 16.0 Å². The molecule has 1 atom stereocenters. The lowest BCUT2D eigenvalue weighted by Gasteiger charge is -2.07. The van der Waals surface area contributed by atoms with Crippen molar-refractivity contribution in [1.29, 1.82) is 0 Å². The molecular formula is C15H19N3S. The van der Waals surface area contributed by atoms with Gasteiger partial charge in [0.15, 0.2) is 5.16 Å². The van der Waals surface area contributed by atoms with E-state index in [0.717, 1.165) is 17.1 Å². The lowest BCUT2D eigenvalue weighted by Crippen LogP contribution is -2.17. The van der Waals surface area contributed by atoms with Crippen molar-refractivity contribution in [2.24, 2.45) is 5.73 Å². The van der Waals surface area contributed by atoms with Crippen LogP contribution in [-0.2, 0) is 6.42 Å². The summed E-state index contributed by atoms with van der Waals surface area (Å²) in [5, 5.41) is 0.778. The van der Waals surface area contributed by atoms with Gasteiger partial charge in [-0.3, -0.25) is 0 Å². The summed E-state index contributed by atoms with van der Waals surface area (Å²) in [6.45, 7) is 6.19. The maximum absolute atomic E-state index is 5.76. The number of nitrogens with two attached hydrogens (primary N) is 1. The molecule has 4 heteroatoms. The Morgan fingerprint density at radius 2 is 1.89 bits per heavy atom. The van der Waals surface area contributed by atoms with Crippen LogP contribution in [0.2, 0.25) is 0 Å². The van der Waals surface area contributed by atoms with Gasteiger partial charge in [-0.1, -0.05) is 17.7 Å². The lowest BCUT2D eigenvalue weighted by atomic mass is 10.1. The Hall–Kier alpha value is -1.39. The Morgan fingerprint density at radius 1 is 1.21 bits per heavy atom. The molecule has 1 aromatic carbocycles. The molecular weight excluding hydrogens is 254 g/mol. The zero-order valence-corrected chi connectivity index (χ0v) is 12.4. The third-order valence-corrected chi connectivity index (χ3v) is 3.84. The Kier molecular flexibility index (Phi) is 4.56. The second kappa shape index (κ2) is 6.17. The molecule has 0 aliphatic carbocycles. The van der Waals surface area contributed by atoms with Crippen molar-refractivity contribution >= 4 is 11.8 Å². The van der Waals surface area contributed by atoms with E-state index >= 15 is 0 Å². The third-order valence-electron chi connectivity index (χ3n) is 2.77. The highest BCUT2D eigenvalue weighted by molar-refractivity contribution is 7.99. The molecule has 1 unspecified atom stereocenters. The molecule has 0 saturated heterocycles. The van der Waals surface area contributed by atoms with E-state index in [2.05, 4.69) is 42.0 Å². The molecule has 19 heavy (non-hydrogen) atoms. The Labute approximate surface area is 118 Å². The first-order valence-electron chi connectivity index (χ1n) is 6.36. The summed E-state index contributed by atoms with van der Waals surface area (Å²) < 4.78 is 0. The highest BCUT2D eigenvalue weighted by Gasteiger charge is 2.05. The van der Waals surface area contributed by atoms with Crippen LogP contribution in [0.4, 0.5) is 0 Å². The zero-order chi connectivity index (χ0) is 13.8. The van der Waals surface area contributed by atoms with Crippen LogP contribution < -0.4 is 5.73 Å². The second-order valence-corrected chi connectivity index (χ2v) is 5.94. The quantitative estimate of drug-likeness (QED) is 0.870. The first-order valence-corrected chi connectivity index (χ1v) is 7.18. The van der Waals surface area contributed by atoms with E-state index in [-0.39, 0.29) is 6.04 Å². The fourth-order valence-corrected chi connectivity index (χ4v) is 2.65. The topological polar surface area (TPSA) is 51.8 Å². The van der Waals surface area contributed by atoms with E-state index in [9.17, 15) is 0 Å². The Morgan fingerprint density at radius 3 is 2.47 bits per heavy atom. The molecule has 0 bridgehead atoms. The van der Waals surface area contributed by atoms with Gasteiger partial charge >= 0.3 is 0 Å². The minimum atomic E-state index is 0.140. The standard InChI is InChI=1S/C15H19N3S/c1-10-4-5-14(11(2)6-10)19-15-17-8-13(9-18-15)7-12(3)16/h4-6,8-9,12H,7,16H2,1-3H3. The monoisotopic (exact) mass is 273 g/mol. The number of aromatic nitrogens is 2. The van der Waals surface area contributed by atoms with Crippen LogP contribution in [-0.4, -0.2) is 16.0 Å². The predicted molar refractivity (Wildman–Crippen MR) is 79.4 cm³/mol. The van der Waals surface area contributed by atoms with Gasteiger partial charge in [0, 0.05) is 23.3 Å². The van der Waals surface area contributed by atoms with Crippen molar-refractivity contribution in [3.63, 3.8) is 0 Å². The number of hydrogen-bond donors (Lipinski definition) is 1. The smallest absolute Gasteiger partial charge is 0.192 e. The van der Waals surface area contributed by atoms with Gasteiger partial charge in [0.2, 0.25) is 0 Å². The molecule has 3 nitrogen and oxygen atoms in total. The van der Waals surface area contributed by atoms with Crippen molar-refractivity contribution in [2.75, 3.05) is 0 Å². The number of rotatable bonds is 4. The van der Waals surface area contributed by atoms with Gasteiger partial charge in [-0.05, 0) is 56.1 Å². The normalized spacial score (nSPS) is 12.4. The van der Waals surface area contributed by atoms with Crippen LogP contribution in [0.15, 0.2) is 40.6 Å². The van der Waals surface area contributed by atoms with Crippen LogP contribution in [0.25, 0.3) is 0 Å². The average molecular weight is 273 g/mol. The molecule has 0 fully saturated rings. The van der Waals surface area contributed by atoms with Gasteiger partial charge in [0.25, 0.3) is 0 Å². The lowest BCUT2D eigenvalue weighted by molar-refractivity contribution is 0.727. The number of nitrogens with zero attached hydrogens (tertiary/aromatic N) is 2. The first kappa shape index (κ1) is 14.0. The van der Waals surface area contributed by atoms with Crippen LogP contribution in [0.1, 0.15) is 23.6 Å². The Balaban J connectivity index is 2.10. The van der Waals surface area contributed by atoms with Gasteiger partial charge in [0.1, 0.15) is 0 Å². The summed E-state index contributed by atoms with van der Waals surface area (Å²) in [4.78, 5) is 9.97. The zero-order valence-electron chi connectivity index (χ0n) is 11.6. The summed E-state index contributed by atoms with van der Waals surface area (Å²) in [6, 6.07) is 6.54. The molecule has 1 heterocycles. The van der Waals surface area contributed by atoms with Crippen molar-refractivity contribution in [3.8, 4) is 0 Å². The molecule has 2 aromatic rings. The van der Waals surface area contributed by atoms with Crippen molar-refractivity contribution in [2.45, 2.75) is 43.3 Å². The van der Waals surface area contributed by atoms with Gasteiger partial charge in [-0.15, -0.1) is 0 Å². The summed E-state index contributed by atoms with van der Waals surface area (Å²) >= 11 is 1.60. The van der Waals surface area contributed by atoms with E-state index < -0.39 is 0 Å². The number of aryl methyl sites for hydroxylation is 2. The van der Waals surface area contributed by atoms with Gasteiger partial charge in [-0.2, -0.15) is 0 Å². The summed E-state index contributed by atoms with van der Waals surface area (Å²) in [7, 11) is 0. The van der Waals surface area contributed by atoms with E-state index in [0.29, 0.717) is 0 Å². The molecule has 2 rings (SSSR count). The van der Waals surface area contributed by atoms with Crippen molar-refractivity contribution < 1.29 is 0 Å². The first-order chi connectivity index (χ1) is 9.04. The van der Waals surface area contributed by atoms with Gasteiger partial charge in [0.05, 0.1) is 0 Å².